The smallest absolute Gasteiger partial charge is 0.296 e. The first-order valence-corrected chi connectivity index (χ1v) is 4.07. The van der Waals surface area contributed by atoms with Gasteiger partial charge in [0.15, 0.2) is 0 Å². The van der Waals surface area contributed by atoms with Gasteiger partial charge in [-0.15, -0.1) is 0 Å². The molecule has 74 valence electrons. The molecule has 0 saturated carbocycles. The molecule has 0 fully saturated rings. The number of hydrogen-bond acceptors (Lipinski definition) is 4. The molecule has 0 unspecified atom stereocenters. The van der Waals surface area contributed by atoms with E-state index in [1.807, 2.05) is 13.8 Å². The summed E-state index contributed by atoms with van der Waals surface area (Å²) in [5, 5.41) is 0. The van der Waals surface area contributed by atoms with Crippen molar-refractivity contribution in [3.8, 4) is 0 Å². The molecular formula is C9H12N4O. The van der Waals surface area contributed by atoms with E-state index in [4.69, 9.17) is 17.0 Å². The number of nitrogen functional groups attached to an aromatic ring is 1. The predicted octanol–water partition coefficient (Wildman–Crippen LogP) is 1.49. The Morgan fingerprint density at radius 2 is 2.21 bits per heavy atom. The van der Waals surface area contributed by atoms with Gasteiger partial charge in [-0.2, -0.15) is 0 Å². The van der Waals surface area contributed by atoms with Gasteiger partial charge in [-0.1, -0.05) is 11.6 Å². The summed E-state index contributed by atoms with van der Waals surface area (Å²) in [6.45, 7) is 10.6. The van der Waals surface area contributed by atoms with Gasteiger partial charge in [0.2, 0.25) is 5.82 Å². The maximum absolute atomic E-state index is 6.95. The summed E-state index contributed by atoms with van der Waals surface area (Å²) < 4.78 is 5.22. The average molecular weight is 192 g/mol. The number of hydrogen-bond donors (Lipinski definition) is 1. The Bertz CT molecular complexity index is 381. The van der Waals surface area contributed by atoms with Gasteiger partial charge in [0.05, 0.1) is 17.5 Å². The molecule has 0 aliphatic carbocycles. The first-order valence-electron chi connectivity index (χ1n) is 4.07. The van der Waals surface area contributed by atoms with Gasteiger partial charge in [0.1, 0.15) is 0 Å². The van der Waals surface area contributed by atoms with Crippen molar-refractivity contribution >= 4 is 11.6 Å². The van der Waals surface area contributed by atoms with E-state index in [0.717, 1.165) is 0 Å². The minimum Gasteiger partial charge on any atom is -0.374 e. The van der Waals surface area contributed by atoms with Crippen LogP contribution in [-0.4, -0.2) is 17.1 Å². The molecule has 5 nitrogen and oxygen atoms in total. The lowest BCUT2D eigenvalue weighted by Gasteiger charge is -2.22. The predicted molar refractivity (Wildman–Crippen MR) is 52.7 cm³/mol. The normalized spacial score (nSPS) is 11.0. The van der Waals surface area contributed by atoms with Crippen molar-refractivity contribution in [3.63, 3.8) is 0 Å². The number of methoxy groups -OCH3 is 1. The summed E-state index contributed by atoms with van der Waals surface area (Å²) in [5.41, 5.74) is 5.31. The van der Waals surface area contributed by atoms with Crippen LogP contribution >= 0.6 is 0 Å². The fraction of sp³-hybridized carbons (Fsp3) is 0.444. The molecule has 0 aromatic carbocycles. The molecule has 14 heavy (non-hydrogen) atoms. The van der Waals surface area contributed by atoms with Gasteiger partial charge in [0.25, 0.3) is 5.82 Å². The van der Waals surface area contributed by atoms with Crippen LogP contribution in [0.5, 0.6) is 0 Å². The highest BCUT2D eigenvalue weighted by Gasteiger charge is 2.26. The number of nitrogens with two attached hydrogens (primary N) is 1. The van der Waals surface area contributed by atoms with Gasteiger partial charge < -0.3 is 15.3 Å². The van der Waals surface area contributed by atoms with E-state index in [-0.39, 0.29) is 11.6 Å². The molecule has 0 bridgehead atoms. The van der Waals surface area contributed by atoms with Crippen LogP contribution < -0.4 is 5.73 Å². The number of aromatic nitrogens is 2. The molecule has 0 spiro atoms. The van der Waals surface area contributed by atoms with E-state index in [1.165, 1.54) is 6.20 Å². The van der Waals surface area contributed by atoms with Crippen LogP contribution in [0.3, 0.4) is 0 Å². The quantitative estimate of drug-likeness (QED) is 0.721. The van der Waals surface area contributed by atoms with Crippen LogP contribution in [0.2, 0.25) is 0 Å². The SMILES string of the molecule is [C-]#[N+]c1nc(N)cnc1C(C)(C)OC. The zero-order chi connectivity index (χ0) is 10.8. The zero-order valence-corrected chi connectivity index (χ0v) is 8.40. The molecule has 0 saturated heterocycles. The van der Waals surface area contributed by atoms with Crippen molar-refractivity contribution in [1.82, 2.24) is 9.97 Å². The Morgan fingerprint density at radius 3 is 2.71 bits per heavy atom. The zero-order valence-electron chi connectivity index (χ0n) is 8.40. The molecule has 0 amide bonds. The largest absolute Gasteiger partial charge is 0.374 e. The molecule has 0 atom stereocenters. The van der Waals surface area contributed by atoms with E-state index in [1.54, 1.807) is 7.11 Å². The average Bonchev–Trinajstić information content (AvgIpc) is 2.17. The maximum Gasteiger partial charge on any atom is 0.296 e. The fourth-order valence-corrected chi connectivity index (χ4v) is 0.992. The van der Waals surface area contributed by atoms with E-state index < -0.39 is 5.60 Å². The second kappa shape index (κ2) is 3.60. The second-order valence-corrected chi connectivity index (χ2v) is 3.29. The van der Waals surface area contributed by atoms with Crippen molar-refractivity contribution < 1.29 is 4.74 Å². The minimum atomic E-state index is -0.624. The summed E-state index contributed by atoms with van der Waals surface area (Å²) in [7, 11) is 1.56. The van der Waals surface area contributed by atoms with Crippen LogP contribution in [0, 0.1) is 6.57 Å². The van der Waals surface area contributed by atoms with Crippen molar-refractivity contribution in [3.05, 3.63) is 23.3 Å². The maximum atomic E-state index is 6.95. The van der Waals surface area contributed by atoms with Crippen LogP contribution in [0.4, 0.5) is 11.6 Å². The summed E-state index contributed by atoms with van der Waals surface area (Å²) in [6, 6.07) is 0. The first-order chi connectivity index (χ1) is 6.51. The highest BCUT2D eigenvalue weighted by Crippen LogP contribution is 2.29. The Morgan fingerprint density at radius 1 is 1.57 bits per heavy atom. The third-order valence-corrected chi connectivity index (χ3v) is 1.96. The summed E-state index contributed by atoms with van der Waals surface area (Å²) in [5.74, 6) is 0.434. The van der Waals surface area contributed by atoms with Crippen molar-refractivity contribution in [2.24, 2.45) is 0 Å². The topological polar surface area (TPSA) is 65.4 Å². The van der Waals surface area contributed by atoms with Gasteiger partial charge in [-0.3, -0.25) is 4.98 Å². The van der Waals surface area contributed by atoms with Crippen LogP contribution in [-0.2, 0) is 10.3 Å². The molecular weight excluding hydrogens is 180 g/mol. The highest BCUT2D eigenvalue weighted by molar-refractivity contribution is 5.48. The van der Waals surface area contributed by atoms with Crippen molar-refractivity contribution in [2.45, 2.75) is 19.4 Å². The molecule has 2 N–H and O–H groups in total. The van der Waals surface area contributed by atoms with Gasteiger partial charge >= 0.3 is 0 Å². The number of anilines is 1. The minimum absolute atomic E-state index is 0.192. The van der Waals surface area contributed by atoms with Gasteiger partial charge in [-0.05, 0) is 13.8 Å². The lowest BCUT2D eigenvalue weighted by atomic mass is 10.1. The monoisotopic (exact) mass is 192 g/mol. The van der Waals surface area contributed by atoms with Gasteiger partial charge in [0, 0.05) is 7.11 Å². The lowest BCUT2D eigenvalue weighted by Crippen LogP contribution is -2.21. The third-order valence-electron chi connectivity index (χ3n) is 1.96. The molecule has 1 rings (SSSR count). The number of nitrogens with zero attached hydrogens (tertiary/aromatic N) is 3. The van der Waals surface area contributed by atoms with Crippen molar-refractivity contribution in [1.29, 1.82) is 0 Å². The highest BCUT2D eigenvalue weighted by atomic mass is 16.5. The Labute approximate surface area is 82.8 Å². The summed E-state index contributed by atoms with van der Waals surface area (Å²) in [6.07, 6.45) is 1.42. The Kier molecular flexibility index (Phi) is 2.68. The molecule has 0 aliphatic heterocycles. The molecule has 0 aliphatic rings. The second-order valence-electron chi connectivity index (χ2n) is 3.29. The summed E-state index contributed by atoms with van der Waals surface area (Å²) in [4.78, 5) is 11.2. The standard InChI is InChI=1S/C9H12N4O/c1-9(2,14-4)7-8(11-3)13-6(10)5-12-7/h5H,1-2,4H3,(H2,10,13). The Balaban J connectivity index is 3.29. The Hall–Kier alpha value is -1.67. The van der Waals surface area contributed by atoms with Crippen LogP contribution in [0.25, 0.3) is 4.85 Å². The van der Waals surface area contributed by atoms with E-state index >= 15 is 0 Å². The third kappa shape index (κ3) is 1.80. The number of rotatable bonds is 2. The van der Waals surface area contributed by atoms with E-state index in [9.17, 15) is 0 Å². The number of ether oxygens (including phenoxy) is 1. The van der Waals surface area contributed by atoms with Crippen LogP contribution in [0.15, 0.2) is 6.20 Å². The van der Waals surface area contributed by atoms with E-state index in [2.05, 4.69) is 14.8 Å². The fourth-order valence-electron chi connectivity index (χ4n) is 0.992. The molecule has 1 aromatic heterocycles. The van der Waals surface area contributed by atoms with Crippen LogP contribution in [0.1, 0.15) is 19.5 Å². The molecule has 0 radical (unpaired) electrons. The van der Waals surface area contributed by atoms with E-state index in [0.29, 0.717) is 5.69 Å². The van der Waals surface area contributed by atoms with Crippen molar-refractivity contribution in [2.75, 3.05) is 12.8 Å². The van der Waals surface area contributed by atoms with Gasteiger partial charge in [-0.25, -0.2) is 0 Å². The lowest BCUT2D eigenvalue weighted by molar-refractivity contribution is 0.0160. The summed E-state index contributed by atoms with van der Waals surface area (Å²) >= 11 is 0. The first kappa shape index (κ1) is 10.4. The molecule has 1 heterocycles. The molecule has 1 aromatic rings. The molecule has 5 heteroatoms.